The third kappa shape index (κ3) is 4.19. The summed E-state index contributed by atoms with van der Waals surface area (Å²) in [6, 6.07) is 15.3. The minimum Gasteiger partial charge on any atom is -0.507 e. The summed E-state index contributed by atoms with van der Waals surface area (Å²) in [6.07, 6.45) is 1.56. The molecule has 29 heavy (non-hydrogen) atoms. The monoisotopic (exact) mass is 391 g/mol. The second-order valence-electron chi connectivity index (χ2n) is 6.42. The lowest BCUT2D eigenvalue weighted by molar-refractivity contribution is 0.0600. The number of phenols is 1. The first-order valence-corrected chi connectivity index (χ1v) is 8.91. The molecule has 1 aromatic heterocycles. The van der Waals surface area contributed by atoms with Crippen molar-refractivity contribution in [2.24, 2.45) is 5.10 Å². The SMILES string of the molecule is COC(=O)c1ccc(-n2c(C)cc(/C=N\NC(=O)c3ccccc3O)c2C)cc1. The van der Waals surface area contributed by atoms with E-state index in [1.807, 2.05) is 36.6 Å². The van der Waals surface area contributed by atoms with Crippen LogP contribution in [0, 0.1) is 13.8 Å². The Morgan fingerprint density at radius 2 is 1.79 bits per heavy atom. The minimum atomic E-state index is -0.494. The van der Waals surface area contributed by atoms with Crippen molar-refractivity contribution >= 4 is 18.1 Å². The summed E-state index contributed by atoms with van der Waals surface area (Å²) in [4.78, 5) is 23.7. The molecule has 0 aliphatic heterocycles. The number of hydrogen-bond donors (Lipinski definition) is 2. The fourth-order valence-corrected chi connectivity index (χ4v) is 3.07. The molecule has 2 N–H and O–H groups in total. The number of benzene rings is 2. The molecule has 0 bridgehead atoms. The highest BCUT2D eigenvalue weighted by Gasteiger charge is 2.12. The van der Waals surface area contributed by atoms with Gasteiger partial charge < -0.3 is 14.4 Å². The van der Waals surface area contributed by atoms with Crippen LogP contribution in [-0.4, -0.2) is 34.9 Å². The van der Waals surface area contributed by atoms with Crippen LogP contribution in [0.15, 0.2) is 59.7 Å². The first-order valence-electron chi connectivity index (χ1n) is 8.91. The summed E-state index contributed by atoms with van der Waals surface area (Å²) in [5.74, 6) is -0.981. The van der Waals surface area contributed by atoms with Crippen LogP contribution >= 0.6 is 0 Å². The predicted molar refractivity (Wildman–Crippen MR) is 110 cm³/mol. The Kier molecular flexibility index (Phi) is 5.78. The number of rotatable bonds is 5. The van der Waals surface area contributed by atoms with Crippen molar-refractivity contribution in [1.29, 1.82) is 0 Å². The van der Waals surface area contributed by atoms with Crippen LogP contribution in [0.5, 0.6) is 5.75 Å². The summed E-state index contributed by atoms with van der Waals surface area (Å²) < 4.78 is 6.74. The highest BCUT2D eigenvalue weighted by Crippen LogP contribution is 2.20. The second kappa shape index (κ2) is 8.43. The number of amides is 1. The van der Waals surface area contributed by atoms with Crippen LogP contribution in [0.4, 0.5) is 0 Å². The van der Waals surface area contributed by atoms with Gasteiger partial charge in [-0.2, -0.15) is 5.10 Å². The second-order valence-corrected chi connectivity index (χ2v) is 6.42. The van der Waals surface area contributed by atoms with Crippen LogP contribution in [0.2, 0.25) is 0 Å². The van der Waals surface area contributed by atoms with Crippen molar-refractivity contribution in [2.45, 2.75) is 13.8 Å². The summed E-state index contributed by atoms with van der Waals surface area (Å²) in [5.41, 5.74) is 6.68. The first-order chi connectivity index (χ1) is 13.9. The molecule has 0 aliphatic carbocycles. The summed E-state index contributed by atoms with van der Waals surface area (Å²) in [6.45, 7) is 3.90. The average molecular weight is 391 g/mol. The molecule has 1 amide bonds. The summed E-state index contributed by atoms with van der Waals surface area (Å²) >= 11 is 0. The fourth-order valence-electron chi connectivity index (χ4n) is 3.07. The summed E-state index contributed by atoms with van der Waals surface area (Å²) in [5, 5.41) is 13.7. The van der Waals surface area contributed by atoms with Gasteiger partial charge in [0.2, 0.25) is 0 Å². The molecule has 0 atom stereocenters. The number of esters is 1. The topological polar surface area (TPSA) is 92.9 Å². The van der Waals surface area contributed by atoms with Gasteiger partial charge in [-0.1, -0.05) is 12.1 Å². The fraction of sp³-hybridized carbons (Fsp3) is 0.136. The minimum absolute atomic E-state index is 0.103. The molecule has 2 aromatic carbocycles. The lowest BCUT2D eigenvalue weighted by Crippen LogP contribution is -2.17. The Balaban J connectivity index is 1.79. The van der Waals surface area contributed by atoms with Crippen molar-refractivity contribution in [3.63, 3.8) is 0 Å². The maximum Gasteiger partial charge on any atom is 0.337 e. The van der Waals surface area contributed by atoms with Crippen LogP contribution < -0.4 is 5.43 Å². The number of aryl methyl sites for hydroxylation is 1. The van der Waals surface area contributed by atoms with Crippen molar-refractivity contribution in [1.82, 2.24) is 9.99 Å². The van der Waals surface area contributed by atoms with Crippen LogP contribution in [-0.2, 0) is 4.74 Å². The molecule has 0 radical (unpaired) electrons. The van der Waals surface area contributed by atoms with Gasteiger partial charge in [0.1, 0.15) is 5.75 Å². The number of hydrogen-bond acceptors (Lipinski definition) is 5. The number of hydrazone groups is 1. The van der Waals surface area contributed by atoms with Crippen molar-refractivity contribution < 1.29 is 19.4 Å². The van der Waals surface area contributed by atoms with Gasteiger partial charge in [0.05, 0.1) is 24.5 Å². The number of carbonyl (C=O) groups is 2. The molecule has 0 fully saturated rings. The first kappa shape index (κ1) is 19.9. The molecule has 0 unspecified atom stereocenters. The normalized spacial score (nSPS) is 10.9. The van der Waals surface area contributed by atoms with Crippen LogP contribution in [0.1, 0.15) is 37.7 Å². The lowest BCUT2D eigenvalue weighted by Gasteiger charge is -2.10. The van der Waals surface area contributed by atoms with Gasteiger partial charge in [-0.3, -0.25) is 4.79 Å². The van der Waals surface area contributed by atoms with Gasteiger partial charge in [-0.25, -0.2) is 10.2 Å². The molecular formula is C22H21N3O4. The van der Waals surface area contributed by atoms with Gasteiger partial charge >= 0.3 is 5.97 Å². The van der Waals surface area contributed by atoms with Crippen molar-refractivity contribution in [2.75, 3.05) is 7.11 Å². The highest BCUT2D eigenvalue weighted by molar-refractivity contribution is 5.97. The number of aromatic nitrogens is 1. The average Bonchev–Trinajstić information content (AvgIpc) is 3.01. The highest BCUT2D eigenvalue weighted by atomic mass is 16.5. The molecule has 3 rings (SSSR count). The molecule has 0 aliphatic rings. The smallest absolute Gasteiger partial charge is 0.337 e. The molecule has 0 saturated heterocycles. The number of carbonyl (C=O) groups excluding carboxylic acids is 2. The van der Waals surface area contributed by atoms with Crippen molar-refractivity contribution in [3.05, 3.63) is 82.7 Å². The molecule has 0 spiro atoms. The Labute approximate surface area is 168 Å². The number of methoxy groups -OCH3 is 1. The summed E-state index contributed by atoms with van der Waals surface area (Å²) in [7, 11) is 1.35. The quantitative estimate of drug-likeness (QED) is 0.396. The zero-order valence-corrected chi connectivity index (χ0v) is 16.3. The zero-order valence-electron chi connectivity index (χ0n) is 16.3. The number of para-hydroxylation sites is 1. The van der Waals surface area contributed by atoms with E-state index in [1.54, 1.807) is 30.5 Å². The van der Waals surface area contributed by atoms with Crippen LogP contribution in [0.25, 0.3) is 5.69 Å². The van der Waals surface area contributed by atoms with Crippen molar-refractivity contribution in [3.8, 4) is 11.4 Å². The van der Waals surface area contributed by atoms with Crippen LogP contribution in [0.3, 0.4) is 0 Å². The van der Waals surface area contributed by atoms with Gasteiger partial charge in [-0.15, -0.1) is 0 Å². The lowest BCUT2D eigenvalue weighted by atomic mass is 10.2. The Hall–Kier alpha value is -3.87. The van der Waals surface area contributed by atoms with E-state index in [-0.39, 0.29) is 17.3 Å². The van der Waals surface area contributed by atoms with E-state index in [0.29, 0.717) is 5.56 Å². The maximum absolute atomic E-state index is 12.1. The number of aromatic hydroxyl groups is 1. The maximum atomic E-state index is 12.1. The van der Waals surface area contributed by atoms with Gasteiger partial charge in [0.25, 0.3) is 5.91 Å². The van der Waals surface area contributed by atoms with E-state index in [0.717, 1.165) is 22.6 Å². The number of nitrogens with zero attached hydrogens (tertiary/aromatic N) is 2. The van der Waals surface area contributed by atoms with E-state index >= 15 is 0 Å². The molecular weight excluding hydrogens is 370 g/mol. The number of ether oxygens (including phenoxy) is 1. The molecule has 0 saturated carbocycles. The molecule has 7 nitrogen and oxygen atoms in total. The third-order valence-electron chi connectivity index (χ3n) is 4.54. The van der Waals surface area contributed by atoms with E-state index in [4.69, 9.17) is 4.74 Å². The van der Waals surface area contributed by atoms with E-state index in [1.165, 1.54) is 19.2 Å². The standard InChI is InChI=1S/C22H21N3O4/c1-14-12-17(13-23-24-21(27)19-6-4-5-7-20(19)26)15(2)25(14)18-10-8-16(9-11-18)22(28)29-3/h4-13,26H,1-3H3,(H,24,27)/b23-13-. The number of nitrogens with one attached hydrogen (secondary N) is 1. The van der Waals surface area contributed by atoms with E-state index in [9.17, 15) is 14.7 Å². The van der Waals surface area contributed by atoms with E-state index in [2.05, 4.69) is 10.5 Å². The number of phenolic OH excluding ortho intramolecular Hbond substituents is 1. The largest absolute Gasteiger partial charge is 0.507 e. The Morgan fingerprint density at radius 3 is 2.45 bits per heavy atom. The van der Waals surface area contributed by atoms with E-state index < -0.39 is 5.91 Å². The van der Waals surface area contributed by atoms with Gasteiger partial charge in [-0.05, 0) is 56.3 Å². The Morgan fingerprint density at radius 1 is 1.10 bits per heavy atom. The zero-order chi connectivity index (χ0) is 21.0. The molecule has 1 heterocycles. The molecule has 3 aromatic rings. The van der Waals surface area contributed by atoms with Gasteiger partial charge in [0, 0.05) is 22.6 Å². The van der Waals surface area contributed by atoms with Gasteiger partial charge in [0.15, 0.2) is 0 Å². The molecule has 7 heteroatoms. The predicted octanol–water partition coefficient (Wildman–Crippen LogP) is 3.35. The third-order valence-corrected chi connectivity index (χ3v) is 4.54. The molecule has 148 valence electrons. The Bertz CT molecular complexity index is 1080.